The number of nitrogens with zero attached hydrogens (tertiary/aromatic N) is 2. The van der Waals surface area contributed by atoms with Gasteiger partial charge in [-0.05, 0) is 54.7 Å². The zero-order valence-corrected chi connectivity index (χ0v) is 15.6. The van der Waals surface area contributed by atoms with Gasteiger partial charge in [-0.25, -0.2) is 4.39 Å². The molecular formula is C22H27FN2O. The third-order valence-electron chi connectivity index (χ3n) is 5.20. The summed E-state index contributed by atoms with van der Waals surface area (Å²) in [7, 11) is 0. The molecule has 1 aliphatic rings. The van der Waals surface area contributed by atoms with Crippen molar-refractivity contribution in [2.75, 3.05) is 18.0 Å². The van der Waals surface area contributed by atoms with Crippen LogP contribution < -0.4 is 4.90 Å². The number of benzene rings is 2. The van der Waals surface area contributed by atoms with E-state index in [-0.39, 0.29) is 17.8 Å². The van der Waals surface area contributed by atoms with E-state index in [9.17, 15) is 9.18 Å². The van der Waals surface area contributed by atoms with Crippen molar-refractivity contribution in [2.45, 2.75) is 45.7 Å². The number of rotatable bonds is 5. The monoisotopic (exact) mass is 354 g/mol. The molecule has 26 heavy (non-hydrogen) atoms. The Morgan fingerprint density at radius 3 is 2.15 bits per heavy atom. The molecule has 3 rings (SSSR count). The van der Waals surface area contributed by atoms with Gasteiger partial charge in [0.1, 0.15) is 5.82 Å². The molecule has 0 atom stereocenters. The van der Waals surface area contributed by atoms with Gasteiger partial charge in [0.25, 0.3) is 0 Å². The Labute approximate surface area is 155 Å². The zero-order valence-electron chi connectivity index (χ0n) is 15.6. The van der Waals surface area contributed by atoms with Crippen LogP contribution in [0.15, 0.2) is 48.5 Å². The van der Waals surface area contributed by atoms with Gasteiger partial charge in [-0.3, -0.25) is 9.69 Å². The second-order valence-electron chi connectivity index (χ2n) is 7.04. The van der Waals surface area contributed by atoms with E-state index in [0.717, 1.165) is 50.1 Å². The Balaban J connectivity index is 1.62. The SMILES string of the molecule is CCc1ccc(N(C(C)=O)C2CCN(Cc3ccc(F)cc3)CC2)cc1. The van der Waals surface area contributed by atoms with Crippen LogP contribution in [0, 0.1) is 5.82 Å². The minimum atomic E-state index is -0.196. The predicted molar refractivity (Wildman–Crippen MR) is 104 cm³/mol. The summed E-state index contributed by atoms with van der Waals surface area (Å²) >= 11 is 0. The van der Waals surface area contributed by atoms with Crippen molar-refractivity contribution in [3.05, 3.63) is 65.5 Å². The minimum Gasteiger partial charge on any atom is -0.310 e. The molecule has 1 amide bonds. The molecule has 0 N–H and O–H groups in total. The smallest absolute Gasteiger partial charge is 0.224 e. The summed E-state index contributed by atoms with van der Waals surface area (Å²) in [4.78, 5) is 16.6. The number of likely N-dealkylation sites (tertiary alicyclic amines) is 1. The Morgan fingerprint density at radius 1 is 1.04 bits per heavy atom. The highest BCUT2D eigenvalue weighted by atomic mass is 19.1. The van der Waals surface area contributed by atoms with Crippen molar-refractivity contribution in [1.82, 2.24) is 4.90 Å². The number of aryl methyl sites for hydroxylation is 1. The number of anilines is 1. The van der Waals surface area contributed by atoms with E-state index >= 15 is 0 Å². The van der Waals surface area contributed by atoms with E-state index in [4.69, 9.17) is 0 Å². The predicted octanol–water partition coefficient (Wildman–Crippen LogP) is 4.41. The van der Waals surface area contributed by atoms with E-state index < -0.39 is 0 Å². The van der Waals surface area contributed by atoms with Gasteiger partial charge < -0.3 is 4.90 Å². The van der Waals surface area contributed by atoms with Gasteiger partial charge in [0.05, 0.1) is 0 Å². The maximum Gasteiger partial charge on any atom is 0.224 e. The lowest BCUT2D eigenvalue weighted by Gasteiger charge is -2.38. The van der Waals surface area contributed by atoms with Crippen molar-refractivity contribution >= 4 is 11.6 Å². The average Bonchev–Trinajstić information content (AvgIpc) is 2.65. The topological polar surface area (TPSA) is 23.6 Å². The number of carbonyl (C=O) groups excluding carboxylic acids is 1. The summed E-state index contributed by atoms with van der Waals surface area (Å²) in [6.07, 6.45) is 2.91. The van der Waals surface area contributed by atoms with Crippen molar-refractivity contribution in [2.24, 2.45) is 0 Å². The summed E-state index contributed by atoms with van der Waals surface area (Å²) < 4.78 is 13.0. The third kappa shape index (κ3) is 4.50. The van der Waals surface area contributed by atoms with Crippen LogP contribution in [-0.2, 0) is 17.8 Å². The van der Waals surface area contributed by atoms with Crippen LogP contribution in [0.5, 0.6) is 0 Å². The normalized spacial score (nSPS) is 15.8. The highest BCUT2D eigenvalue weighted by Crippen LogP contribution is 2.25. The van der Waals surface area contributed by atoms with Crippen LogP contribution in [-0.4, -0.2) is 29.9 Å². The number of hydrogen-bond donors (Lipinski definition) is 0. The first kappa shape index (κ1) is 18.6. The lowest BCUT2D eigenvalue weighted by molar-refractivity contribution is -0.117. The van der Waals surface area contributed by atoms with E-state index in [2.05, 4.69) is 36.1 Å². The molecule has 0 aliphatic carbocycles. The minimum absolute atomic E-state index is 0.103. The molecule has 2 aromatic carbocycles. The quantitative estimate of drug-likeness (QED) is 0.794. The number of halogens is 1. The molecule has 1 fully saturated rings. The van der Waals surface area contributed by atoms with Crippen molar-refractivity contribution < 1.29 is 9.18 Å². The molecule has 3 nitrogen and oxygen atoms in total. The highest BCUT2D eigenvalue weighted by Gasteiger charge is 2.27. The first-order chi connectivity index (χ1) is 12.6. The van der Waals surface area contributed by atoms with Crippen molar-refractivity contribution in [1.29, 1.82) is 0 Å². The van der Waals surface area contributed by atoms with Gasteiger partial charge in [0.2, 0.25) is 5.91 Å². The number of hydrogen-bond acceptors (Lipinski definition) is 2. The molecule has 1 aliphatic heterocycles. The van der Waals surface area contributed by atoms with Crippen LogP contribution in [0.1, 0.15) is 37.8 Å². The molecule has 0 aromatic heterocycles. The zero-order chi connectivity index (χ0) is 18.5. The Kier molecular flexibility index (Phi) is 6.04. The number of carbonyl (C=O) groups is 1. The van der Waals surface area contributed by atoms with Gasteiger partial charge in [-0.15, -0.1) is 0 Å². The molecule has 0 radical (unpaired) electrons. The van der Waals surface area contributed by atoms with Crippen LogP contribution in [0.25, 0.3) is 0 Å². The molecule has 0 bridgehead atoms. The number of amides is 1. The van der Waals surface area contributed by atoms with Crippen LogP contribution in [0.4, 0.5) is 10.1 Å². The standard InChI is InChI=1S/C22H27FN2O/c1-3-18-6-10-21(11-7-18)25(17(2)26)22-12-14-24(15-13-22)16-19-4-8-20(23)9-5-19/h4-11,22H,3,12-16H2,1-2H3. The van der Waals surface area contributed by atoms with E-state index in [1.54, 1.807) is 6.92 Å². The second-order valence-corrected chi connectivity index (χ2v) is 7.04. The van der Waals surface area contributed by atoms with E-state index in [1.165, 1.54) is 17.7 Å². The first-order valence-corrected chi connectivity index (χ1v) is 9.42. The molecule has 2 aromatic rings. The molecule has 1 heterocycles. The lowest BCUT2D eigenvalue weighted by Crippen LogP contribution is -2.46. The van der Waals surface area contributed by atoms with Gasteiger partial charge >= 0.3 is 0 Å². The third-order valence-corrected chi connectivity index (χ3v) is 5.20. The summed E-state index contributed by atoms with van der Waals surface area (Å²) in [5.41, 5.74) is 3.40. The molecular weight excluding hydrogens is 327 g/mol. The molecule has 0 spiro atoms. The highest BCUT2D eigenvalue weighted by molar-refractivity contribution is 5.92. The Hall–Kier alpha value is -2.20. The summed E-state index contributed by atoms with van der Waals surface area (Å²) in [6.45, 7) is 6.50. The van der Waals surface area contributed by atoms with Crippen molar-refractivity contribution in [3.63, 3.8) is 0 Å². The van der Waals surface area contributed by atoms with E-state index in [1.807, 2.05) is 17.0 Å². The number of piperidine rings is 1. The average molecular weight is 354 g/mol. The second kappa shape index (κ2) is 8.45. The van der Waals surface area contributed by atoms with Gasteiger partial charge in [0.15, 0.2) is 0 Å². The van der Waals surface area contributed by atoms with Crippen LogP contribution >= 0.6 is 0 Å². The van der Waals surface area contributed by atoms with Gasteiger partial charge in [0, 0.05) is 38.3 Å². The van der Waals surface area contributed by atoms with E-state index in [0.29, 0.717) is 0 Å². The van der Waals surface area contributed by atoms with Gasteiger partial charge in [-0.1, -0.05) is 31.2 Å². The van der Waals surface area contributed by atoms with Gasteiger partial charge in [-0.2, -0.15) is 0 Å². The molecule has 4 heteroatoms. The summed E-state index contributed by atoms with van der Waals surface area (Å²) in [5.74, 6) is -0.0927. The Bertz CT molecular complexity index is 719. The molecule has 1 saturated heterocycles. The fourth-order valence-corrected chi connectivity index (χ4v) is 3.73. The largest absolute Gasteiger partial charge is 0.310 e. The van der Waals surface area contributed by atoms with Crippen molar-refractivity contribution in [3.8, 4) is 0 Å². The first-order valence-electron chi connectivity index (χ1n) is 9.42. The maximum absolute atomic E-state index is 13.0. The molecule has 0 unspecified atom stereocenters. The fraction of sp³-hybridized carbons (Fsp3) is 0.409. The van der Waals surface area contributed by atoms with Crippen LogP contribution in [0.3, 0.4) is 0 Å². The van der Waals surface area contributed by atoms with Crippen LogP contribution in [0.2, 0.25) is 0 Å². The lowest BCUT2D eigenvalue weighted by atomic mass is 10.0. The summed E-state index contributed by atoms with van der Waals surface area (Å²) in [6, 6.07) is 15.3. The summed E-state index contributed by atoms with van der Waals surface area (Å²) in [5, 5.41) is 0. The molecule has 0 saturated carbocycles. The fourth-order valence-electron chi connectivity index (χ4n) is 3.73. The maximum atomic E-state index is 13.0. The molecule has 138 valence electrons. The Morgan fingerprint density at radius 2 is 1.62 bits per heavy atom.